The molecule has 0 N–H and O–H groups in total. The number of carbonyl (C=O) groups is 1. The first kappa shape index (κ1) is 15.2. The molecule has 4 aliphatic carbocycles. The number of hydrogen-bond donors (Lipinski definition) is 0. The van der Waals surface area contributed by atoms with Gasteiger partial charge in [-0.15, -0.1) is 0 Å². The molecule has 0 aliphatic heterocycles. The lowest BCUT2D eigenvalue weighted by atomic mass is 9.38. The molecule has 23 heavy (non-hydrogen) atoms. The van der Waals surface area contributed by atoms with Crippen molar-refractivity contribution in [3.63, 3.8) is 0 Å². The van der Waals surface area contributed by atoms with E-state index in [0.29, 0.717) is 5.92 Å². The second-order valence-electron chi connectivity index (χ2n) is 8.36. The van der Waals surface area contributed by atoms with Gasteiger partial charge < -0.3 is 9.47 Å². The van der Waals surface area contributed by atoms with Crippen LogP contribution in [0.1, 0.15) is 44.1 Å². The summed E-state index contributed by atoms with van der Waals surface area (Å²) in [6.45, 7) is 0.761. The molecule has 4 aliphatic rings. The van der Waals surface area contributed by atoms with Crippen molar-refractivity contribution in [1.82, 2.24) is 0 Å². The molecule has 4 unspecified atom stereocenters. The fraction of sp³-hybridized carbons (Fsp3) is 0.650. The summed E-state index contributed by atoms with van der Waals surface area (Å²) in [5.74, 6) is 0.614. The molecule has 4 saturated carbocycles. The van der Waals surface area contributed by atoms with Gasteiger partial charge in [0.1, 0.15) is 0 Å². The van der Waals surface area contributed by atoms with E-state index in [9.17, 15) is 4.79 Å². The van der Waals surface area contributed by atoms with Crippen LogP contribution in [0.15, 0.2) is 30.3 Å². The summed E-state index contributed by atoms with van der Waals surface area (Å²) in [5.41, 5.74) is 1.35. The van der Waals surface area contributed by atoms with E-state index >= 15 is 0 Å². The summed E-state index contributed by atoms with van der Waals surface area (Å²) >= 11 is 0. The zero-order valence-electron chi connectivity index (χ0n) is 14.1. The van der Waals surface area contributed by atoms with Gasteiger partial charge in [-0.3, -0.25) is 4.79 Å². The van der Waals surface area contributed by atoms with Crippen LogP contribution in [0.2, 0.25) is 0 Å². The Morgan fingerprint density at radius 3 is 2.57 bits per heavy atom. The Labute approximate surface area is 138 Å². The van der Waals surface area contributed by atoms with Crippen molar-refractivity contribution < 1.29 is 14.3 Å². The minimum atomic E-state index is -0.303. The second kappa shape index (κ2) is 5.07. The molecule has 5 rings (SSSR count). The number of carbonyl (C=O) groups excluding carboxylic acids is 1. The SMILES string of the molecule is COCC12CC3CC(C(=O)OC)(C1)CC(c1ccccc1)(C3)C2. The molecule has 0 amide bonds. The number of rotatable bonds is 4. The summed E-state index contributed by atoms with van der Waals surface area (Å²) in [5, 5.41) is 0. The molecule has 4 fully saturated rings. The molecule has 3 nitrogen and oxygen atoms in total. The van der Waals surface area contributed by atoms with Crippen LogP contribution in [-0.4, -0.2) is 26.8 Å². The Balaban J connectivity index is 1.81. The Morgan fingerprint density at radius 1 is 1.09 bits per heavy atom. The highest BCUT2D eigenvalue weighted by Crippen LogP contribution is 2.70. The maximum Gasteiger partial charge on any atom is 0.311 e. The molecule has 0 aromatic heterocycles. The molecule has 3 heteroatoms. The smallest absolute Gasteiger partial charge is 0.311 e. The number of benzene rings is 1. The average molecular weight is 314 g/mol. The van der Waals surface area contributed by atoms with Crippen LogP contribution in [0.25, 0.3) is 0 Å². The first-order chi connectivity index (χ1) is 11.1. The minimum Gasteiger partial charge on any atom is -0.469 e. The molecular weight excluding hydrogens is 288 g/mol. The molecule has 1 aromatic carbocycles. The van der Waals surface area contributed by atoms with Crippen molar-refractivity contribution in [2.24, 2.45) is 16.7 Å². The van der Waals surface area contributed by atoms with Crippen molar-refractivity contribution in [1.29, 1.82) is 0 Å². The quantitative estimate of drug-likeness (QED) is 0.795. The Bertz CT molecular complexity index is 613. The first-order valence-electron chi connectivity index (χ1n) is 8.68. The Hall–Kier alpha value is -1.35. The zero-order valence-corrected chi connectivity index (χ0v) is 14.1. The molecular formula is C20H26O3. The Kier molecular flexibility index (Phi) is 3.35. The minimum absolute atomic E-state index is 0.00221. The number of hydrogen-bond acceptors (Lipinski definition) is 3. The largest absolute Gasteiger partial charge is 0.469 e. The third-order valence-electron chi connectivity index (χ3n) is 6.64. The van der Waals surface area contributed by atoms with Gasteiger partial charge in [0.2, 0.25) is 0 Å². The van der Waals surface area contributed by atoms with Crippen LogP contribution in [0.5, 0.6) is 0 Å². The third-order valence-corrected chi connectivity index (χ3v) is 6.64. The molecule has 4 bridgehead atoms. The highest BCUT2D eigenvalue weighted by Gasteiger charge is 2.66. The van der Waals surface area contributed by atoms with Crippen molar-refractivity contribution in [3.05, 3.63) is 35.9 Å². The third kappa shape index (κ3) is 2.16. The monoisotopic (exact) mass is 314 g/mol. The van der Waals surface area contributed by atoms with Crippen molar-refractivity contribution in [2.45, 2.75) is 43.9 Å². The number of esters is 1. The van der Waals surface area contributed by atoms with Crippen LogP contribution in [0.4, 0.5) is 0 Å². The predicted octanol–water partition coefficient (Wildman–Crippen LogP) is 3.71. The van der Waals surface area contributed by atoms with Gasteiger partial charge in [0.05, 0.1) is 19.1 Å². The van der Waals surface area contributed by atoms with Gasteiger partial charge in [-0.1, -0.05) is 30.3 Å². The second-order valence-corrected chi connectivity index (χ2v) is 8.36. The maximum atomic E-state index is 12.7. The zero-order chi connectivity index (χ0) is 16.1. The van der Waals surface area contributed by atoms with Gasteiger partial charge in [0.25, 0.3) is 0 Å². The summed E-state index contributed by atoms with van der Waals surface area (Å²) in [4.78, 5) is 12.7. The molecule has 0 radical (unpaired) electrons. The van der Waals surface area contributed by atoms with Gasteiger partial charge in [0, 0.05) is 7.11 Å². The normalized spacial score (nSPS) is 41.0. The van der Waals surface area contributed by atoms with Crippen LogP contribution < -0.4 is 0 Å². The molecule has 4 atom stereocenters. The van der Waals surface area contributed by atoms with E-state index < -0.39 is 0 Å². The van der Waals surface area contributed by atoms with E-state index in [2.05, 4.69) is 30.3 Å². The molecule has 0 saturated heterocycles. The standard InChI is InChI=1S/C20H26O3/c1-22-14-18-8-15-9-19(11-18,16-6-4-3-5-7-16)13-20(10-15,12-18)17(21)23-2/h3-7,15H,8-14H2,1-2H3. The van der Waals surface area contributed by atoms with E-state index in [1.54, 1.807) is 14.2 Å². The van der Waals surface area contributed by atoms with Gasteiger partial charge in [0.15, 0.2) is 0 Å². The summed E-state index contributed by atoms with van der Waals surface area (Å²) in [6.07, 6.45) is 6.44. The van der Waals surface area contributed by atoms with Crippen LogP contribution in [0.3, 0.4) is 0 Å². The van der Waals surface area contributed by atoms with Gasteiger partial charge >= 0.3 is 5.97 Å². The lowest BCUT2D eigenvalue weighted by Gasteiger charge is -2.65. The van der Waals surface area contributed by atoms with E-state index in [1.165, 1.54) is 18.4 Å². The molecule has 1 aromatic rings. The van der Waals surface area contributed by atoms with Crippen molar-refractivity contribution in [3.8, 4) is 0 Å². The van der Waals surface area contributed by atoms with Gasteiger partial charge in [-0.25, -0.2) is 0 Å². The van der Waals surface area contributed by atoms with Crippen molar-refractivity contribution >= 4 is 5.97 Å². The topological polar surface area (TPSA) is 35.5 Å². The lowest BCUT2D eigenvalue weighted by Crippen LogP contribution is -2.62. The van der Waals surface area contributed by atoms with Gasteiger partial charge in [-0.2, -0.15) is 0 Å². The fourth-order valence-corrected chi connectivity index (χ4v) is 6.66. The molecule has 124 valence electrons. The highest BCUT2D eigenvalue weighted by atomic mass is 16.5. The fourth-order valence-electron chi connectivity index (χ4n) is 6.66. The highest BCUT2D eigenvalue weighted by molar-refractivity contribution is 5.78. The molecule has 0 spiro atoms. The van der Waals surface area contributed by atoms with E-state index in [1.807, 2.05) is 0 Å². The van der Waals surface area contributed by atoms with Crippen LogP contribution in [0, 0.1) is 16.7 Å². The predicted molar refractivity (Wildman–Crippen MR) is 88.1 cm³/mol. The van der Waals surface area contributed by atoms with Crippen LogP contribution >= 0.6 is 0 Å². The summed E-state index contributed by atoms with van der Waals surface area (Å²) in [6, 6.07) is 10.8. The summed E-state index contributed by atoms with van der Waals surface area (Å²) < 4.78 is 10.9. The number of methoxy groups -OCH3 is 2. The lowest BCUT2D eigenvalue weighted by molar-refractivity contribution is -0.188. The van der Waals surface area contributed by atoms with Gasteiger partial charge in [-0.05, 0) is 60.8 Å². The van der Waals surface area contributed by atoms with E-state index in [-0.39, 0.29) is 22.2 Å². The first-order valence-corrected chi connectivity index (χ1v) is 8.68. The maximum absolute atomic E-state index is 12.7. The Morgan fingerprint density at radius 2 is 1.87 bits per heavy atom. The van der Waals surface area contributed by atoms with Crippen LogP contribution in [-0.2, 0) is 19.7 Å². The number of ether oxygens (including phenoxy) is 2. The van der Waals surface area contributed by atoms with E-state index in [4.69, 9.17) is 9.47 Å². The molecule has 0 heterocycles. The average Bonchev–Trinajstić information content (AvgIpc) is 2.53. The summed E-state index contributed by atoms with van der Waals surface area (Å²) in [7, 11) is 3.33. The van der Waals surface area contributed by atoms with Crippen molar-refractivity contribution in [2.75, 3.05) is 20.8 Å². The van der Waals surface area contributed by atoms with E-state index in [0.717, 1.165) is 32.3 Å².